The highest BCUT2D eigenvalue weighted by molar-refractivity contribution is 5.33. The molecule has 1 aromatic rings. The molecule has 0 heterocycles. The van der Waals surface area contributed by atoms with Crippen LogP contribution in [0.4, 0.5) is 4.39 Å². The van der Waals surface area contributed by atoms with Gasteiger partial charge in [-0.05, 0) is 68.1 Å². The molecule has 1 aliphatic carbocycles. The molecule has 1 fully saturated rings. The van der Waals surface area contributed by atoms with Crippen molar-refractivity contribution in [2.24, 2.45) is 5.92 Å². The van der Waals surface area contributed by atoms with Crippen LogP contribution in [0.1, 0.15) is 81.3 Å². The van der Waals surface area contributed by atoms with E-state index in [1.165, 1.54) is 56.9 Å². The zero-order chi connectivity index (χ0) is 16.3. The molecule has 0 aromatic heterocycles. The summed E-state index contributed by atoms with van der Waals surface area (Å²) in [6, 6.07) is 10.3. The molecule has 0 aliphatic heterocycles. The molecule has 124 valence electrons. The number of nitriles is 1. The van der Waals surface area contributed by atoms with Crippen LogP contribution in [0.25, 0.3) is 0 Å². The number of rotatable bonds is 8. The molecule has 0 unspecified atom stereocenters. The van der Waals surface area contributed by atoms with Crippen LogP contribution < -0.4 is 0 Å². The molecular weight excluding hydrogens is 285 g/mol. The number of hydrogen-bond acceptors (Lipinski definition) is 1. The summed E-state index contributed by atoms with van der Waals surface area (Å²) in [5, 5.41) is 8.87. The summed E-state index contributed by atoms with van der Waals surface area (Å²) < 4.78 is 11.8. The first kappa shape index (κ1) is 17.7. The van der Waals surface area contributed by atoms with Crippen molar-refractivity contribution < 1.29 is 4.39 Å². The Labute approximate surface area is 140 Å². The van der Waals surface area contributed by atoms with Crippen LogP contribution in [0.15, 0.2) is 36.7 Å². The van der Waals surface area contributed by atoms with Gasteiger partial charge in [-0.1, -0.05) is 43.9 Å². The fourth-order valence-electron chi connectivity index (χ4n) is 3.73. The van der Waals surface area contributed by atoms with E-state index in [1.54, 1.807) is 6.08 Å². The second-order valence-electron chi connectivity index (χ2n) is 6.80. The minimum Gasteiger partial charge on any atom is -0.216 e. The Hall–Kier alpha value is -1.62. The number of benzene rings is 1. The van der Waals surface area contributed by atoms with Crippen LogP contribution in [-0.2, 0) is 0 Å². The second kappa shape index (κ2) is 10.2. The van der Waals surface area contributed by atoms with Crippen molar-refractivity contribution in [1.29, 1.82) is 5.26 Å². The molecule has 2 rings (SSSR count). The van der Waals surface area contributed by atoms with Gasteiger partial charge in [-0.15, -0.1) is 0 Å². The monoisotopic (exact) mass is 313 g/mol. The third-order valence-corrected chi connectivity index (χ3v) is 5.18. The molecule has 0 N–H and O–H groups in total. The van der Waals surface area contributed by atoms with E-state index in [9.17, 15) is 4.39 Å². The van der Waals surface area contributed by atoms with Crippen molar-refractivity contribution in [1.82, 2.24) is 0 Å². The van der Waals surface area contributed by atoms with Crippen molar-refractivity contribution in [2.75, 3.05) is 0 Å². The summed E-state index contributed by atoms with van der Waals surface area (Å²) in [6.07, 6.45) is 14.7. The number of halogens is 1. The molecule has 0 amide bonds. The van der Waals surface area contributed by atoms with E-state index >= 15 is 0 Å². The van der Waals surface area contributed by atoms with Crippen LogP contribution in [0.5, 0.6) is 0 Å². The minimum absolute atomic E-state index is 0.659. The summed E-state index contributed by atoms with van der Waals surface area (Å²) in [4.78, 5) is 0. The van der Waals surface area contributed by atoms with Gasteiger partial charge in [0, 0.05) is 0 Å². The van der Waals surface area contributed by atoms with E-state index in [1.807, 2.05) is 12.1 Å². The molecule has 1 nitrogen and oxygen atoms in total. The van der Waals surface area contributed by atoms with Gasteiger partial charge >= 0.3 is 0 Å². The lowest BCUT2D eigenvalue weighted by Gasteiger charge is -2.29. The number of nitrogens with zero attached hydrogens (tertiary/aromatic N) is 1. The first-order valence-corrected chi connectivity index (χ1v) is 9.08. The third kappa shape index (κ3) is 6.18. The maximum absolute atomic E-state index is 11.8. The highest BCUT2D eigenvalue weighted by Crippen LogP contribution is 2.37. The fraction of sp³-hybridized carbons (Fsp3) is 0.571. The van der Waals surface area contributed by atoms with Gasteiger partial charge in [0.25, 0.3) is 0 Å². The van der Waals surface area contributed by atoms with Crippen molar-refractivity contribution in [3.63, 3.8) is 0 Å². The first-order valence-electron chi connectivity index (χ1n) is 9.08. The largest absolute Gasteiger partial charge is 0.216 e. The Kier molecular flexibility index (Phi) is 7.87. The molecule has 0 bridgehead atoms. The first-order chi connectivity index (χ1) is 11.3. The van der Waals surface area contributed by atoms with Gasteiger partial charge in [-0.2, -0.15) is 5.26 Å². The van der Waals surface area contributed by atoms with Crippen LogP contribution in [0, 0.1) is 17.2 Å². The summed E-state index contributed by atoms with van der Waals surface area (Å²) >= 11 is 0. The van der Waals surface area contributed by atoms with Gasteiger partial charge < -0.3 is 0 Å². The number of hydrogen-bond donors (Lipinski definition) is 0. The Morgan fingerprint density at radius 1 is 1.00 bits per heavy atom. The molecule has 0 atom stereocenters. The van der Waals surface area contributed by atoms with Crippen LogP contribution in [0.2, 0.25) is 0 Å². The Bertz CT molecular complexity index is 504. The zero-order valence-electron chi connectivity index (χ0n) is 14.0. The maximum Gasteiger partial charge on any atom is 0.0991 e. The van der Waals surface area contributed by atoms with Crippen molar-refractivity contribution >= 4 is 0 Å². The average molecular weight is 313 g/mol. The van der Waals surface area contributed by atoms with Gasteiger partial charge in [0.15, 0.2) is 0 Å². The van der Waals surface area contributed by atoms with Crippen LogP contribution >= 0.6 is 0 Å². The molecule has 2 heteroatoms. The smallest absolute Gasteiger partial charge is 0.0991 e. The topological polar surface area (TPSA) is 23.8 Å². The van der Waals surface area contributed by atoms with Crippen molar-refractivity contribution in [3.8, 4) is 6.07 Å². The quantitative estimate of drug-likeness (QED) is 0.492. The van der Waals surface area contributed by atoms with Crippen molar-refractivity contribution in [2.45, 2.75) is 70.1 Å². The SMILES string of the molecule is N#Cc1ccc([C@H]2CC[C@H](CCCCCC/C=C/F)CC2)cc1. The lowest BCUT2D eigenvalue weighted by Crippen LogP contribution is -2.13. The van der Waals surface area contributed by atoms with E-state index in [0.29, 0.717) is 12.2 Å². The van der Waals surface area contributed by atoms with E-state index in [4.69, 9.17) is 5.26 Å². The summed E-state index contributed by atoms with van der Waals surface area (Å²) in [5.41, 5.74) is 2.16. The van der Waals surface area contributed by atoms with Gasteiger partial charge in [0.05, 0.1) is 18.0 Å². The normalized spacial score (nSPS) is 21.4. The number of unbranched alkanes of at least 4 members (excludes halogenated alkanes) is 4. The van der Waals surface area contributed by atoms with Crippen LogP contribution in [-0.4, -0.2) is 0 Å². The lowest BCUT2D eigenvalue weighted by atomic mass is 9.77. The Balaban J connectivity index is 1.61. The molecular formula is C21H28FN. The Morgan fingerprint density at radius 3 is 2.35 bits per heavy atom. The summed E-state index contributed by atoms with van der Waals surface area (Å²) in [5.74, 6) is 1.59. The van der Waals surface area contributed by atoms with E-state index < -0.39 is 0 Å². The van der Waals surface area contributed by atoms with Crippen LogP contribution in [0.3, 0.4) is 0 Å². The van der Waals surface area contributed by atoms with Crippen molar-refractivity contribution in [3.05, 3.63) is 47.8 Å². The molecule has 0 saturated heterocycles. The fourth-order valence-corrected chi connectivity index (χ4v) is 3.73. The van der Waals surface area contributed by atoms with Gasteiger partial charge in [-0.3, -0.25) is 0 Å². The highest BCUT2D eigenvalue weighted by Gasteiger charge is 2.21. The third-order valence-electron chi connectivity index (χ3n) is 5.18. The molecule has 1 aromatic carbocycles. The molecule has 23 heavy (non-hydrogen) atoms. The van der Waals surface area contributed by atoms with E-state index in [-0.39, 0.29) is 0 Å². The highest BCUT2D eigenvalue weighted by atomic mass is 19.1. The summed E-state index contributed by atoms with van der Waals surface area (Å²) in [7, 11) is 0. The molecule has 1 saturated carbocycles. The standard InChI is InChI=1S/C21H28FN/c22-16-6-4-2-1-3-5-7-18-8-12-20(13-9-18)21-14-10-19(17-23)11-15-21/h6,10-11,14-16,18,20H,1-5,7-9,12-13H2/b16-6+/t18-,20-. The van der Waals surface area contributed by atoms with Gasteiger partial charge in [0.1, 0.15) is 0 Å². The summed E-state index contributed by atoms with van der Waals surface area (Å²) in [6.45, 7) is 0. The molecule has 0 spiro atoms. The van der Waals surface area contributed by atoms with Gasteiger partial charge in [0.2, 0.25) is 0 Å². The maximum atomic E-state index is 11.8. The minimum atomic E-state index is 0.659. The Morgan fingerprint density at radius 2 is 1.70 bits per heavy atom. The van der Waals surface area contributed by atoms with E-state index in [2.05, 4.69) is 18.2 Å². The molecule has 0 radical (unpaired) electrons. The van der Waals surface area contributed by atoms with E-state index in [0.717, 1.165) is 24.3 Å². The van der Waals surface area contributed by atoms with Gasteiger partial charge in [-0.25, -0.2) is 4.39 Å². The predicted octanol–water partition coefficient (Wildman–Crippen LogP) is 6.66. The zero-order valence-corrected chi connectivity index (χ0v) is 14.0. The number of allylic oxidation sites excluding steroid dienone is 1. The average Bonchev–Trinajstić information content (AvgIpc) is 2.61. The lowest BCUT2D eigenvalue weighted by molar-refractivity contribution is 0.302. The predicted molar refractivity (Wildman–Crippen MR) is 93.8 cm³/mol. The molecule has 1 aliphatic rings. The second-order valence-corrected chi connectivity index (χ2v) is 6.80.